The van der Waals surface area contributed by atoms with E-state index in [1.807, 2.05) is 12.1 Å². The molecule has 2 rings (SSSR count). The molecule has 0 spiro atoms. The Bertz CT molecular complexity index is 408. The molecule has 112 valence electrons. The molecule has 2 nitrogen and oxygen atoms in total. The molecule has 1 aliphatic carbocycles. The molecule has 0 aromatic heterocycles. The molecule has 1 aromatic carbocycles. The predicted molar refractivity (Wildman–Crippen MR) is 87.2 cm³/mol. The molecule has 0 aliphatic heterocycles. The van der Waals surface area contributed by atoms with Crippen molar-refractivity contribution in [3.8, 4) is 0 Å². The van der Waals surface area contributed by atoms with E-state index in [4.69, 9.17) is 11.6 Å². The van der Waals surface area contributed by atoms with Gasteiger partial charge in [-0.05, 0) is 37.4 Å². The lowest BCUT2D eigenvalue weighted by molar-refractivity contribution is 0.258. The second-order valence-electron chi connectivity index (χ2n) is 6.15. The van der Waals surface area contributed by atoms with E-state index >= 15 is 0 Å². The fourth-order valence-electron chi connectivity index (χ4n) is 3.06. The number of nitrogens with zero attached hydrogens (tertiary/aromatic N) is 1. The van der Waals surface area contributed by atoms with Gasteiger partial charge in [0.25, 0.3) is 0 Å². The van der Waals surface area contributed by atoms with E-state index in [2.05, 4.69) is 36.3 Å². The first-order valence-corrected chi connectivity index (χ1v) is 8.20. The topological polar surface area (TPSA) is 15.3 Å². The molecule has 0 heterocycles. The number of halogens is 1. The number of likely N-dealkylation sites (N-methyl/N-ethyl adjacent to an activating group) is 1. The number of nitrogens with one attached hydrogen (secondary N) is 1. The van der Waals surface area contributed by atoms with Crippen molar-refractivity contribution < 1.29 is 0 Å². The quantitative estimate of drug-likeness (QED) is 0.855. The fourth-order valence-corrected chi connectivity index (χ4v) is 3.25. The largest absolute Gasteiger partial charge is 0.312 e. The molecule has 2 unspecified atom stereocenters. The lowest BCUT2D eigenvalue weighted by atomic mass is 9.86. The first-order valence-electron chi connectivity index (χ1n) is 7.82. The van der Waals surface area contributed by atoms with E-state index in [0.29, 0.717) is 0 Å². The summed E-state index contributed by atoms with van der Waals surface area (Å²) in [5, 5.41) is 4.60. The van der Waals surface area contributed by atoms with Gasteiger partial charge in [0.15, 0.2) is 0 Å². The van der Waals surface area contributed by atoms with Gasteiger partial charge in [0.05, 0.1) is 0 Å². The van der Waals surface area contributed by atoms with Crippen molar-refractivity contribution in [3.05, 3.63) is 34.9 Å². The van der Waals surface area contributed by atoms with Gasteiger partial charge >= 0.3 is 0 Å². The smallest absolute Gasteiger partial charge is 0.0451 e. The second kappa shape index (κ2) is 8.02. The summed E-state index contributed by atoms with van der Waals surface area (Å²) in [7, 11) is 2.16. The molecular formula is C17H27ClN2. The van der Waals surface area contributed by atoms with Crippen molar-refractivity contribution in [2.24, 2.45) is 5.92 Å². The van der Waals surface area contributed by atoms with Crippen LogP contribution in [0.15, 0.2) is 24.3 Å². The van der Waals surface area contributed by atoms with Crippen LogP contribution >= 0.6 is 11.6 Å². The van der Waals surface area contributed by atoms with E-state index in [1.165, 1.54) is 31.2 Å². The standard InChI is InChI=1S/C17H27ClN2/c1-14-7-3-6-10-17(14)19-11-12-20(2)13-15-8-4-5-9-16(15)18/h4-5,8-9,14,17,19H,3,6-7,10-13H2,1-2H3. The summed E-state index contributed by atoms with van der Waals surface area (Å²) in [6.07, 6.45) is 5.52. The molecule has 3 heteroatoms. The lowest BCUT2D eigenvalue weighted by Crippen LogP contribution is -2.40. The highest BCUT2D eigenvalue weighted by atomic mass is 35.5. The summed E-state index contributed by atoms with van der Waals surface area (Å²) >= 11 is 6.20. The number of rotatable bonds is 6. The number of hydrogen-bond acceptors (Lipinski definition) is 2. The third kappa shape index (κ3) is 4.76. The van der Waals surface area contributed by atoms with E-state index in [9.17, 15) is 0 Å². The number of hydrogen-bond donors (Lipinski definition) is 1. The molecule has 1 saturated carbocycles. The highest BCUT2D eigenvalue weighted by molar-refractivity contribution is 6.31. The van der Waals surface area contributed by atoms with Gasteiger partial charge in [-0.3, -0.25) is 0 Å². The average Bonchev–Trinajstić information content (AvgIpc) is 2.43. The Morgan fingerprint density at radius 3 is 2.75 bits per heavy atom. The molecule has 1 fully saturated rings. The Kier molecular flexibility index (Phi) is 6.34. The molecule has 1 aromatic rings. The highest BCUT2D eigenvalue weighted by Crippen LogP contribution is 2.23. The summed E-state index contributed by atoms with van der Waals surface area (Å²) in [6.45, 7) is 5.43. The molecule has 1 N–H and O–H groups in total. The van der Waals surface area contributed by atoms with Gasteiger partial charge < -0.3 is 10.2 Å². The monoisotopic (exact) mass is 294 g/mol. The maximum atomic E-state index is 6.20. The van der Waals surface area contributed by atoms with Crippen LogP contribution in [0.4, 0.5) is 0 Å². The van der Waals surface area contributed by atoms with E-state index < -0.39 is 0 Å². The molecule has 0 bridgehead atoms. The third-order valence-electron chi connectivity index (χ3n) is 4.41. The zero-order valence-corrected chi connectivity index (χ0v) is 13.5. The van der Waals surface area contributed by atoms with Gasteiger partial charge in [0.1, 0.15) is 0 Å². The Balaban J connectivity index is 1.70. The maximum absolute atomic E-state index is 6.20. The minimum absolute atomic E-state index is 0.720. The maximum Gasteiger partial charge on any atom is 0.0451 e. The van der Waals surface area contributed by atoms with Gasteiger partial charge in [0, 0.05) is 30.7 Å². The number of benzene rings is 1. The van der Waals surface area contributed by atoms with Crippen LogP contribution in [0, 0.1) is 5.92 Å². The zero-order valence-electron chi connectivity index (χ0n) is 12.7. The molecule has 0 saturated heterocycles. The Hall–Kier alpha value is -0.570. The second-order valence-corrected chi connectivity index (χ2v) is 6.56. The van der Waals surface area contributed by atoms with Crippen molar-refractivity contribution in [2.75, 3.05) is 20.1 Å². The molecular weight excluding hydrogens is 268 g/mol. The molecule has 2 atom stereocenters. The van der Waals surface area contributed by atoms with Crippen LogP contribution in [-0.2, 0) is 6.54 Å². The summed E-state index contributed by atoms with van der Waals surface area (Å²) < 4.78 is 0. The van der Waals surface area contributed by atoms with Crippen molar-refractivity contribution in [2.45, 2.75) is 45.2 Å². The Labute approximate surface area is 128 Å². The average molecular weight is 295 g/mol. The van der Waals surface area contributed by atoms with Crippen molar-refractivity contribution in [1.82, 2.24) is 10.2 Å². The Morgan fingerprint density at radius 2 is 2.00 bits per heavy atom. The SMILES string of the molecule is CC1CCCCC1NCCN(C)Cc1ccccc1Cl. The van der Waals surface area contributed by atoms with Gasteiger partial charge in [-0.2, -0.15) is 0 Å². The van der Waals surface area contributed by atoms with E-state index in [0.717, 1.165) is 36.6 Å². The minimum atomic E-state index is 0.720. The van der Waals surface area contributed by atoms with Gasteiger partial charge in [0.2, 0.25) is 0 Å². The van der Waals surface area contributed by atoms with Crippen molar-refractivity contribution >= 4 is 11.6 Å². The van der Waals surface area contributed by atoms with Crippen LogP contribution in [0.5, 0.6) is 0 Å². The summed E-state index contributed by atoms with van der Waals surface area (Å²) in [4.78, 5) is 2.34. The van der Waals surface area contributed by atoms with Gasteiger partial charge in [-0.25, -0.2) is 0 Å². The van der Waals surface area contributed by atoms with Crippen LogP contribution < -0.4 is 5.32 Å². The highest BCUT2D eigenvalue weighted by Gasteiger charge is 2.20. The predicted octanol–water partition coefficient (Wildman–Crippen LogP) is 3.94. The zero-order chi connectivity index (χ0) is 14.4. The summed E-state index contributed by atoms with van der Waals surface area (Å²) in [6, 6.07) is 8.83. The van der Waals surface area contributed by atoms with Crippen LogP contribution in [0.1, 0.15) is 38.2 Å². The van der Waals surface area contributed by atoms with Crippen LogP contribution in [0.3, 0.4) is 0 Å². The fraction of sp³-hybridized carbons (Fsp3) is 0.647. The molecule has 0 radical (unpaired) electrons. The summed E-state index contributed by atoms with van der Waals surface area (Å²) in [5.74, 6) is 0.831. The van der Waals surface area contributed by atoms with Crippen molar-refractivity contribution in [3.63, 3.8) is 0 Å². The van der Waals surface area contributed by atoms with Gasteiger partial charge in [-0.15, -0.1) is 0 Å². The minimum Gasteiger partial charge on any atom is -0.312 e. The third-order valence-corrected chi connectivity index (χ3v) is 4.78. The van der Waals surface area contributed by atoms with E-state index in [-0.39, 0.29) is 0 Å². The molecule has 0 amide bonds. The first kappa shape index (κ1) is 15.8. The van der Waals surface area contributed by atoms with Crippen LogP contribution in [0.25, 0.3) is 0 Å². The van der Waals surface area contributed by atoms with Gasteiger partial charge in [-0.1, -0.05) is 49.6 Å². The van der Waals surface area contributed by atoms with Crippen LogP contribution in [-0.4, -0.2) is 31.1 Å². The first-order chi connectivity index (χ1) is 9.66. The molecule has 1 aliphatic rings. The van der Waals surface area contributed by atoms with Crippen LogP contribution in [0.2, 0.25) is 5.02 Å². The molecule has 20 heavy (non-hydrogen) atoms. The summed E-state index contributed by atoms with van der Waals surface area (Å²) in [5.41, 5.74) is 1.21. The van der Waals surface area contributed by atoms with Crippen molar-refractivity contribution in [1.29, 1.82) is 0 Å². The normalized spacial score (nSPS) is 23.2. The Morgan fingerprint density at radius 1 is 1.25 bits per heavy atom. The lowest BCUT2D eigenvalue weighted by Gasteiger charge is -2.30. The van der Waals surface area contributed by atoms with E-state index in [1.54, 1.807) is 0 Å².